The number of hydrogen-bond donors (Lipinski definition) is 0. The lowest BCUT2D eigenvalue weighted by molar-refractivity contribution is 1.05. The summed E-state index contributed by atoms with van der Waals surface area (Å²) in [6.45, 7) is 2.13. The van der Waals surface area contributed by atoms with Crippen LogP contribution in [-0.2, 0) is 0 Å². The maximum atomic E-state index is 3.27. The average Bonchev–Trinajstić information content (AvgIpc) is 2.66. The van der Waals surface area contributed by atoms with Crippen LogP contribution in [0, 0.1) is 13.0 Å². The summed E-state index contributed by atoms with van der Waals surface area (Å²) in [5.74, 6) is 0. The zero-order valence-corrected chi connectivity index (χ0v) is 9.14. The predicted molar refractivity (Wildman–Crippen MR) is 66.8 cm³/mol. The largest absolute Gasteiger partial charge is 0.313 e. The lowest BCUT2D eigenvalue weighted by atomic mass is 10.2. The van der Waals surface area contributed by atoms with E-state index in [9.17, 15) is 0 Å². The van der Waals surface area contributed by atoms with E-state index in [-0.39, 0.29) is 0 Å². The van der Waals surface area contributed by atoms with Crippen molar-refractivity contribution in [2.45, 2.75) is 6.92 Å². The number of fused-ring (bicyclic) bond motifs is 1. The Balaban J connectivity index is 2.35. The highest BCUT2D eigenvalue weighted by Crippen LogP contribution is 2.23. The van der Waals surface area contributed by atoms with Crippen molar-refractivity contribution in [2.75, 3.05) is 0 Å². The van der Waals surface area contributed by atoms with E-state index in [1.807, 2.05) is 18.2 Å². The molecule has 0 saturated heterocycles. The van der Waals surface area contributed by atoms with Gasteiger partial charge in [-0.05, 0) is 25.1 Å². The number of aryl methyl sites for hydroxylation is 1. The summed E-state index contributed by atoms with van der Waals surface area (Å²) in [4.78, 5) is 0. The van der Waals surface area contributed by atoms with Gasteiger partial charge in [0.25, 0.3) is 0 Å². The summed E-state index contributed by atoms with van der Waals surface area (Å²) in [6, 6.07) is 22.0. The van der Waals surface area contributed by atoms with Crippen molar-refractivity contribution in [2.24, 2.45) is 0 Å². The van der Waals surface area contributed by atoms with Crippen LogP contribution in [0.25, 0.3) is 16.6 Å². The second kappa shape index (κ2) is 3.53. The predicted octanol–water partition coefficient (Wildman–Crippen LogP) is 3.74. The summed E-state index contributed by atoms with van der Waals surface area (Å²) in [5, 5.41) is 1.28. The lowest BCUT2D eigenvalue weighted by Crippen LogP contribution is -1.95. The third-order valence-electron chi connectivity index (χ3n) is 2.83. The van der Waals surface area contributed by atoms with Crippen LogP contribution >= 0.6 is 0 Å². The van der Waals surface area contributed by atoms with Crippen LogP contribution in [0.3, 0.4) is 0 Å². The Labute approximate surface area is 95.0 Å². The van der Waals surface area contributed by atoms with Crippen molar-refractivity contribution >= 4 is 10.9 Å². The second-order valence-electron chi connectivity index (χ2n) is 3.93. The molecule has 0 spiro atoms. The highest BCUT2D eigenvalue weighted by molar-refractivity contribution is 5.83. The van der Waals surface area contributed by atoms with Gasteiger partial charge in [0.1, 0.15) is 0 Å². The van der Waals surface area contributed by atoms with Crippen molar-refractivity contribution in [3.05, 3.63) is 66.4 Å². The normalized spacial score (nSPS) is 10.8. The summed E-state index contributed by atoms with van der Waals surface area (Å²) in [7, 11) is 0. The number of para-hydroxylation sites is 2. The molecule has 0 aliphatic carbocycles. The van der Waals surface area contributed by atoms with Gasteiger partial charge in [0.15, 0.2) is 0 Å². The molecule has 3 rings (SSSR count). The highest BCUT2D eigenvalue weighted by Gasteiger charge is 2.05. The second-order valence-corrected chi connectivity index (χ2v) is 3.93. The maximum Gasteiger partial charge on any atom is 0.0537 e. The number of benzene rings is 2. The third-order valence-corrected chi connectivity index (χ3v) is 2.83. The van der Waals surface area contributed by atoms with Crippen LogP contribution in [0.2, 0.25) is 0 Å². The van der Waals surface area contributed by atoms with Crippen LogP contribution in [0.5, 0.6) is 0 Å². The Kier molecular flexibility index (Phi) is 2.03. The van der Waals surface area contributed by atoms with Gasteiger partial charge in [-0.2, -0.15) is 0 Å². The van der Waals surface area contributed by atoms with Gasteiger partial charge < -0.3 is 4.57 Å². The summed E-state index contributed by atoms with van der Waals surface area (Å²) >= 11 is 0. The van der Waals surface area contributed by atoms with Gasteiger partial charge in [-0.1, -0.05) is 36.4 Å². The van der Waals surface area contributed by atoms with E-state index in [4.69, 9.17) is 0 Å². The van der Waals surface area contributed by atoms with Crippen LogP contribution in [0.15, 0.2) is 54.6 Å². The van der Waals surface area contributed by atoms with E-state index in [1.54, 1.807) is 0 Å². The van der Waals surface area contributed by atoms with Crippen LogP contribution in [0.1, 0.15) is 5.69 Å². The molecule has 1 heterocycles. The SMILES string of the molecule is Cc1cc2ccccc2n1-c1[c]cccc1. The highest BCUT2D eigenvalue weighted by atomic mass is 15.0. The first-order valence-corrected chi connectivity index (χ1v) is 5.40. The van der Waals surface area contributed by atoms with Crippen LogP contribution in [-0.4, -0.2) is 4.57 Å². The van der Waals surface area contributed by atoms with Crippen molar-refractivity contribution in [3.63, 3.8) is 0 Å². The molecule has 0 aliphatic heterocycles. The summed E-state index contributed by atoms with van der Waals surface area (Å²) < 4.78 is 2.23. The Morgan fingerprint density at radius 2 is 1.81 bits per heavy atom. The molecule has 0 aliphatic rings. The topological polar surface area (TPSA) is 4.93 Å². The van der Waals surface area contributed by atoms with Gasteiger partial charge >= 0.3 is 0 Å². The summed E-state index contributed by atoms with van der Waals surface area (Å²) in [5.41, 5.74) is 3.58. The fraction of sp³-hybridized carbons (Fsp3) is 0.0667. The molecule has 1 nitrogen and oxygen atoms in total. The fourth-order valence-corrected chi connectivity index (χ4v) is 2.14. The molecule has 1 heteroatoms. The molecular weight excluding hydrogens is 194 g/mol. The smallest absolute Gasteiger partial charge is 0.0537 e. The minimum Gasteiger partial charge on any atom is -0.313 e. The van der Waals surface area contributed by atoms with E-state index in [0.29, 0.717) is 0 Å². The first kappa shape index (κ1) is 9.22. The number of nitrogens with zero attached hydrogens (tertiary/aromatic N) is 1. The Morgan fingerprint density at radius 3 is 2.62 bits per heavy atom. The van der Waals surface area contributed by atoms with Crippen molar-refractivity contribution in [1.82, 2.24) is 4.57 Å². The molecule has 1 aromatic heterocycles. The maximum absolute atomic E-state index is 3.27. The molecule has 0 saturated carbocycles. The van der Waals surface area contributed by atoms with Crippen molar-refractivity contribution < 1.29 is 0 Å². The molecule has 3 aromatic rings. The Hall–Kier alpha value is -2.02. The van der Waals surface area contributed by atoms with E-state index in [0.717, 1.165) is 5.69 Å². The van der Waals surface area contributed by atoms with Crippen LogP contribution < -0.4 is 0 Å². The fourth-order valence-electron chi connectivity index (χ4n) is 2.14. The number of hydrogen-bond acceptors (Lipinski definition) is 0. The molecule has 2 aromatic carbocycles. The average molecular weight is 206 g/mol. The molecule has 16 heavy (non-hydrogen) atoms. The van der Waals surface area contributed by atoms with Gasteiger partial charge in [0.05, 0.1) is 11.2 Å². The lowest BCUT2D eigenvalue weighted by Gasteiger charge is -2.07. The first-order chi connectivity index (χ1) is 7.86. The molecule has 0 N–H and O–H groups in total. The quantitative estimate of drug-likeness (QED) is 0.571. The number of aromatic nitrogens is 1. The van der Waals surface area contributed by atoms with E-state index in [1.165, 1.54) is 16.6 Å². The first-order valence-electron chi connectivity index (χ1n) is 5.40. The Morgan fingerprint density at radius 1 is 1.00 bits per heavy atom. The molecular formula is C15H12N. The van der Waals surface area contributed by atoms with E-state index >= 15 is 0 Å². The zero-order valence-electron chi connectivity index (χ0n) is 9.14. The zero-order chi connectivity index (χ0) is 11.0. The molecule has 0 atom stereocenters. The Bertz CT molecular complexity index is 620. The van der Waals surface area contributed by atoms with Crippen molar-refractivity contribution in [1.29, 1.82) is 0 Å². The van der Waals surface area contributed by atoms with Gasteiger partial charge in [0.2, 0.25) is 0 Å². The van der Waals surface area contributed by atoms with Crippen molar-refractivity contribution in [3.8, 4) is 5.69 Å². The van der Waals surface area contributed by atoms with Crippen LogP contribution in [0.4, 0.5) is 0 Å². The molecule has 0 unspecified atom stereocenters. The number of rotatable bonds is 1. The minimum atomic E-state index is 1.10. The molecule has 0 fully saturated rings. The van der Waals surface area contributed by atoms with Gasteiger partial charge in [0, 0.05) is 17.1 Å². The van der Waals surface area contributed by atoms with Gasteiger partial charge in [-0.25, -0.2) is 0 Å². The van der Waals surface area contributed by atoms with E-state index in [2.05, 4.69) is 54.0 Å². The third kappa shape index (κ3) is 1.33. The van der Waals surface area contributed by atoms with E-state index < -0.39 is 0 Å². The molecule has 0 amide bonds. The molecule has 0 bridgehead atoms. The molecule has 1 radical (unpaired) electrons. The minimum absolute atomic E-state index is 1.10. The summed E-state index contributed by atoms with van der Waals surface area (Å²) in [6.07, 6.45) is 0. The molecule has 77 valence electrons. The van der Waals surface area contributed by atoms with Gasteiger partial charge in [-0.15, -0.1) is 0 Å². The monoisotopic (exact) mass is 206 g/mol. The van der Waals surface area contributed by atoms with Gasteiger partial charge in [-0.3, -0.25) is 0 Å². The standard InChI is InChI=1S/C15H12N/c1-12-11-13-7-5-6-10-15(13)16(12)14-8-3-2-4-9-14/h2-8,10-11H,1H3.